The van der Waals surface area contributed by atoms with Crippen molar-refractivity contribution in [3.8, 4) is 0 Å². The smallest absolute Gasteiger partial charge is 0.353 e. The molecule has 3 aromatic rings. The van der Waals surface area contributed by atoms with Crippen molar-refractivity contribution in [2.24, 2.45) is 0 Å². The molecule has 0 saturated carbocycles. The molecule has 0 aliphatic heterocycles. The molecule has 0 aliphatic carbocycles. The van der Waals surface area contributed by atoms with Crippen molar-refractivity contribution in [2.75, 3.05) is 23.8 Å². The van der Waals surface area contributed by atoms with Gasteiger partial charge in [-0.05, 0) is 56.3 Å². The molecular weight excluding hydrogens is 430 g/mol. The number of hydrogen-bond acceptors (Lipinski definition) is 10. The van der Waals surface area contributed by atoms with Crippen LogP contribution in [0.25, 0.3) is 0 Å². The predicted molar refractivity (Wildman–Crippen MR) is 120 cm³/mol. The van der Waals surface area contributed by atoms with Crippen LogP contribution in [0.3, 0.4) is 0 Å². The van der Waals surface area contributed by atoms with Gasteiger partial charge in [0.1, 0.15) is 6.33 Å². The Hall–Kier alpha value is -4.54. The fourth-order valence-electron chi connectivity index (χ4n) is 2.85. The van der Waals surface area contributed by atoms with E-state index in [9.17, 15) is 19.7 Å². The number of aromatic nitrogens is 2. The molecule has 11 heteroatoms. The monoisotopic (exact) mass is 451 g/mol. The van der Waals surface area contributed by atoms with E-state index in [4.69, 9.17) is 9.47 Å². The van der Waals surface area contributed by atoms with Gasteiger partial charge < -0.3 is 20.1 Å². The molecule has 0 aliphatic rings. The molecule has 0 bridgehead atoms. The van der Waals surface area contributed by atoms with Crippen molar-refractivity contribution in [3.63, 3.8) is 0 Å². The largest absolute Gasteiger partial charge is 0.462 e. The maximum Gasteiger partial charge on any atom is 0.353 e. The summed E-state index contributed by atoms with van der Waals surface area (Å²) in [5, 5.41) is 17.5. The second kappa shape index (κ2) is 10.7. The first-order valence-electron chi connectivity index (χ1n) is 10.0. The van der Waals surface area contributed by atoms with Crippen LogP contribution in [-0.2, 0) is 9.47 Å². The van der Waals surface area contributed by atoms with Crippen molar-refractivity contribution in [1.82, 2.24) is 9.97 Å². The zero-order valence-corrected chi connectivity index (χ0v) is 17.9. The molecule has 0 unspecified atom stereocenters. The Kier molecular flexibility index (Phi) is 7.47. The summed E-state index contributed by atoms with van der Waals surface area (Å²) in [7, 11) is 0. The van der Waals surface area contributed by atoms with E-state index in [0.29, 0.717) is 22.5 Å². The Morgan fingerprint density at radius 2 is 1.45 bits per heavy atom. The number of nitro groups is 1. The zero-order valence-electron chi connectivity index (χ0n) is 17.9. The maximum atomic E-state index is 12.0. The fraction of sp³-hybridized carbons (Fsp3) is 0.182. The van der Waals surface area contributed by atoms with Crippen LogP contribution in [0.5, 0.6) is 0 Å². The quantitative estimate of drug-likeness (QED) is 0.275. The number of benzene rings is 2. The Balaban J connectivity index is 1.86. The van der Waals surface area contributed by atoms with E-state index < -0.39 is 22.5 Å². The summed E-state index contributed by atoms with van der Waals surface area (Å²) in [4.78, 5) is 42.9. The highest BCUT2D eigenvalue weighted by atomic mass is 16.6. The molecule has 1 aromatic heterocycles. The third-order valence-corrected chi connectivity index (χ3v) is 4.30. The van der Waals surface area contributed by atoms with E-state index >= 15 is 0 Å². The molecule has 11 nitrogen and oxygen atoms in total. The van der Waals surface area contributed by atoms with E-state index in [0.717, 1.165) is 0 Å². The van der Waals surface area contributed by atoms with Crippen molar-refractivity contribution in [2.45, 2.75) is 13.8 Å². The Labute approximate surface area is 188 Å². The lowest BCUT2D eigenvalue weighted by Gasteiger charge is -2.11. The lowest BCUT2D eigenvalue weighted by atomic mass is 10.2. The van der Waals surface area contributed by atoms with E-state index in [1.807, 2.05) is 0 Å². The van der Waals surface area contributed by atoms with Crippen LogP contribution in [0.2, 0.25) is 0 Å². The van der Waals surface area contributed by atoms with Gasteiger partial charge in [0.05, 0.1) is 29.3 Å². The third kappa shape index (κ3) is 5.79. The predicted octanol–water partition coefficient (Wildman–Crippen LogP) is 4.23. The van der Waals surface area contributed by atoms with Gasteiger partial charge in [0.2, 0.25) is 11.6 Å². The number of nitrogens with zero attached hydrogens (tertiary/aromatic N) is 3. The molecule has 170 valence electrons. The van der Waals surface area contributed by atoms with Gasteiger partial charge in [-0.1, -0.05) is 6.07 Å². The highest BCUT2D eigenvalue weighted by Gasteiger charge is 2.24. The minimum Gasteiger partial charge on any atom is -0.462 e. The summed E-state index contributed by atoms with van der Waals surface area (Å²) >= 11 is 0. The van der Waals surface area contributed by atoms with E-state index in [1.54, 1.807) is 44.2 Å². The van der Waals surface area contributed by atoms with Crippen molar-refractivity contribution < 1.29 is 24.0 Å². The van der Waals surface area contributed by atoms with Gasteiger partial charge in [-0.15, -0.1) is 0 Å². The van der Waals surface area contributed by atoms with Crippen LogP contribution in [0.4, 0.5) is 28.7 Å². The summed E-state index contributed by atoms with van der Waals surface area (Å²) in [5.41, 5.74) is 1.13. The first-order valence-corrected chi connectivity index (χ1v) is 10.0. The molecule has 3 rings (SSSR count). The minimum atomic E-state index is -0.618. The molecule has 0 spiro atoms. The Morgan fingerprint density at radius 3 is 2.03 bits per heavy atom. The van der Waals surface area contributed by atoms with Gasteiger partial charge >= 0.3 is 17.6 Å². The van der Waals surface area contributed by atoms with E-state index in [2.05, 4.69) is 20.6 Å². The molecule has 0 atom stereocenters. The van der Waals surface area contributed by atoms with Gasteiger partial charge in [0.25, 0.3) is 0 Å². The SMILES string of the molecule is CCOC(=O)c1ccc(Nc2ncnc(Nc3cccc(C(=O)OCC)c3)c2[N+](=O)[O-])cc1. The van der Waals surface area contributed by atoms with Crippen molar-refractivity contribution in [1.29, 1.82) is 0 Å². The summed E-state index contributed by atoms with van der Waals surface area (Å²) in [6, 6.07) is 12.6. The van der Waals surface area contributed by atoms with Crippen LogP contribution in [-0.4, -0.2) is 40.0 Å². The van der Waals surface area contributed by atoms with Gasteiger partial charge in [0.15, 0.2) is 0 Å². The lowest BCUT2D eigenvalue weighted by molar-refractivity contribution is -0.383. The van der Waals surface area contributed by atoms with Gasteiger partial charge in [0, 0.05) is 11.4 Å². The van der Waals surface area contributed by atoms with Crippen LogP contribution in [0.1, 0.15) is 34.6 Å². The molecular formula is C22H21N5O6. The summed E-state index contributed by atoms with van der Waals surface area (Å²) < 4.78 is 9.92. The first kappa shape index (κ1) is 23.1. The average molecular weight is 451 g/mol. The zero-order chi connectivity index (χ0) is 23.8. The van der Waals surface area contributed by atoms with Crippen molar-refractivity contribution >= 4 is 40.6 Å². The van der Waals surface area contributed by atoms with Gasteiger partial charge in [-0.3, -0.25) is 10.1 Å². The van der Waals surface area contributed by atoms with Crippen LogP contribution >= 0.6 is 0 Å². The van der Waals surface area contributed by atoms with Crippen LogP contribution in [0, 0.1) is 10.1 Å². The lowest BCUT2D eigenvalue weighted by Crippen LogP contribution is -2.07. The molecule has 2 N–H and O–H groups in total. The average Bonchev–Trinajstić information content (AvgIpc) is 2.80. The first-order chi connectivity index (χ1) is 15.9. The molecule has 33 heavy (non-hydrogen) atoms. The highest BCUT2D eigenvalue weighted by molar-refractivity contribution is 5.91. The minimum absolute atomic E-state index is 0.0528. The highest BCUT2D eigenvalue weighted by Crippen LogP contribution is 2.33. The molecule has 2 aromatic carbocycles. The number of hydrogen-bond donors (Lipinski definition) is 2. The Bertz CT molecular complexity index is 1170. The van der Waals surface area contributed by atoms with E-state index in [1.165, 1.54) is 24.5 Å². The van der Waals surface area contributed by atoms with Gasteiger partial charge in [-0.25, -0.2) is 19.6 Å². The fourth-order valence-corrected chi connectivity index (χ4v) is 2.85. The van der Waals surface area contributed by atoms with Crippen molar-refractivity contribution in [3.05, 3.63) is 76.1 Å². The summed E-state index contributed by atoms with van der Waals surface area (Å²) in [6.07, 6.45) is 1.17. The number of carbonyl (C=O) groups is 2. The maximum absolute atomic E-state index is 12.0. The number of ether oxygens (including phenoxy) is 2. The second-order valence-electron chi connectivity index (χ2n) is 6.53. The van der Waals surface area contributed by atoms with Gasteiger partial charge in [-0.2, -0.15) is 0 Å². The molecule has 0 amide bonds. The second-order valence-corrected chi connectivity index (χ2v) is 6.53. The molecule has 1 heterocycles. The molecule has 0 fully saturated rings. The number of esters is 2. The number of carbonyl (C=O) groups excluding carboxylic acids is 2. The standard InChI is InChI=1S/C22H21N5O6/c1-3-32-21(28)14-8-10-16(11-9-14)25-19-18(27(30)31)20(24-13-23-19)26-17-7-5-6-15(12-17)22(29)33-4-2/h5-13H,3-4H2,1-2H3,(H2,23,24,25,26). The number of rotatable bonds is 9. The topological polar surface area (TPSA) is 146 Å². The number of anilines is 4. The third-order valence-electron chi connectivity index (χ3n) is 4.30. The molecule has 0 radical (unpaired) electrons. The summed E-state index contributed by atoms with van der Waals surface area (Å²) in [5.74, 6) is -1.09. The Morgan fingerprint density at radius 1 is 0.879 bits per heavy atom. The normalized spacial score (nSPS) is 10.2. The number of nitrogens with one attached hydrogen (secondary N) is 2. The van der Waals surface area contributed by atoms with Crippen LogP contribution in [0.15, 0.2) is 54.9 Å². The summed E-state index contributed by atoms with van der Waals surface area (Å²) in [6.45, 7) is 3.89. The molecule has 0 saturated heterocycles. The van der Waals surface area contributed by atoms with Crippen LogP contribution < -0.4 is 10.6 Å². The van der Waals surface area contributed by atoms with E-state index in [-0.39, 0.29) is 24.8 Å².